The zero-order valence-electron chi connectivity index (χ0n) is 10.5. The molecule has 1 heterocycles. The third-order valence-corrected chi connectivity index (χ3v) is 2.69. The molecule has 0 aliphatic heterocycles. The van der Waals surface area contributed by atoms with Crippen LogP contribution in [0.15, 0.2) is 36.5 Å². The third kappa shape index (κ3) is 3.01. The minimum absolute atomic E-state index is 0.420. The lowest BCUT2D eigenvalue weighted by atomic mass is 10.1. The highest BCUT2D eigenvalue weighted by molar-refractivity contribution is 5.34. The molecule has 0 bridgehead atoms. The minimum atomic E-state index is -0.571. The number of hydrogen-bond donors (Lipinski definition) is 2. The number of aliphatic hydroxyl groups excluding tert-OH is 1. The standard InChI is InChI=1S/C13H17N3O2/c1-16-8-7-13(15-16)14-9-12(17)10-3-5-11(18-2)6-4-10/h3-8,12,17H,9H2,1-2H3,(H,14,15). The maximum Gasteiger partial charge on any atom is 0.148 e. The van der Waals surface area contributed by atoms with Crippen molar-refractivity contribution in [3.05, 3.63) is 42.1 Å². The highest BCUT2D eigenvalue weighted by Gasteiger charge is 2.08. The van der Waals surface area contributed by atoms with E-state index < -0.39 is 6.10 Å². The lowest BCUT2D eigenvalue weighted by molar-refractivity contribution is 0.191. The Hall–Kier alpha value is -2.01. The normalized spacial score (nSPS) is 12.2. The van der Waals surface area contributed by atoms with Crippen LogP contribution in [0.5, 0.6) is 5.75 Å². The molecule has 5 nitrogen and oxygen atoms in total. The van der Waals surface area contributed by atoms with E-state index >= 15 is 0 Å². The predicted octanol–water partition coefficient (Wildman–Crippen LogP) is 1.57. The van der Waals surface area contributed by atoms with Crippen molar-refractivity contribution in [1.82, 2.24) is 9.78 Å². The molecule has 0 saturated heterocycles. The van der Waals surface area contributed by atoms with Crippen molar-refractivity contribution in [3.63, 3.8) is 0 Å². The van der Waals surface area contributed by atoms with Crippen LogP contribution in [0.2, 0.25) is 0 Å². The molecule has 5 heteroatoms. The Morgan fingerprint density at radius 2 is 2.06 bits per heavy atom. The number of anilines is 1. The number of nitrogens with one attached hydrogen (secondary N) is 1. The number of aromatic nitrogens is 2. The fourth-order valence-corrected chi connectivity index (χ4v) is 1.65. The van der Waals surface area contributed by atoms with Crippen LogP contribution in [0, 0.1) is 0 Å². The van der Waals surface area contributed by atoms with Gasteiger partial charge in [-0.3, -0.25) is 4.68 Å². The third-order valence-electron chi connectivity index (χ3n) is 2.69. The zero-order valence-corrected chi connectivity index (χ0v) is 10.5. The molecule has 0 fully saturated rings. The molecular weight excluding hydrogens is 230 g/mol. The lowest BCUT2D eigenvalue weighted by Crippen LogP contribution is -2.12. The molecule has 2 rings (SSSR count). The van der Waals surface area contributed by atoms with Crippen LogP contribution in [-0.2, 0) is 7.05 Å². The highest BCUT2D eigenvalue weighted by atomic mass is 16.5. The summed E-state index contributed by atoms with van der Waals surface area (Å²) in [5.74, 6) is 1.54. The van der Waals surface area contributed by atoms with E-state index in [0.717, 1.165) is 17.1 Å². The number of ether oxygens (including phenoxy) is 1. The molecule has 0 amide bonds. The molecule has 1 atom stereocenters. The van der Waals surface area contributed by atoms with Gasteiger partial charge in [-0.15, -0.1) is 0 Å². The van der Waals surface area contributed by atoms with E-state index in [2.05, 4.69) is 10.4 Å². The van der Waals surface area contributed by atoms with Gasteiger partial charge in [0.15, 0.2) is 0 Å². The summed E-state index contributed by atoms with van der Waals surface area (Å²) in [5, 5.41) is 17.3. The first-order chi connectivity index (χ1) is 8.69. The van der Waals surface area contributed by atoms with Gasteiger partial charge >= 0.3 is 0 Å². The van der Waals surface area contributed by atoms with Gasteiger partial charge in [0, 0.05) is 25.9 Å². The smallest absolute Gasteiger partial charge is 0.148 e. The van der Waals surface area contributed by atoms with Gasteiger partial charge in [0.1, 0.15) is 11.6 Å². The van der Waals surface area contributed by atoms with Crippen molar-refractivity contribution in [1.29, 1.82) is 0 Å². The van der Waals surface area contributed by atoms with Crippen molar-refractivity contribution in [2.24, 2.45) is 7.05 Å². The van der Waals surface area contributed by atoms with Gasteiger partial charge in [0.2, 0.25) is 0 Å². The molecule has 0 aliphatic carbocycles. The van der Waals surface area contributed by atoms with Crippen molar-refractivity contribution in [3.8, 4) is 5.75 Å². The van der Waals surface area contributed by atoms with Gasteiger partial charge in [-0.05, 0) is 17.7 Å². The number of benzene rings is 1. The quantitative estimate of drug-likeness (QED) is 0.842. The van der Waals surface area contributed by atoms with Crippen LogP contribution in [0.25, 0.3) is 0 Å². The Morgan fingerprint density at radius 1 is 1.33 bits per heavy atom. The molecule has 1 aromatic heterocycles. The maximum atomic E-state index is 10.0. The summed E-state index contributed by atoms with van der Waals surface area (Å²) in [6, 6.07) is 9.23. The van der Waals surface area contributed by atoms with E-state index in [-0.39, 0.29) is 0 Å². The number of aryl methyl sites for hydroxylation is 1. The summed E-state index contributed by atoms with van der Waals surface area (Å²) in [6.45, 7) is 0.420. The molecule has 0 saturated carbocycles. The van der Waals surface area contributed by atoms with Crippen molar-refractivity contribution in [2.45, 2.75) is 6.10 Å². The van der Waals surface area contributed by atoms with Gasteiger partial charge in [0.25, 0.3) is 0 Å². The molecular formula is C13H17N3O2. The summed E-state index contributed by atoms with van der Waals surface area (Å²) in [4.78, 5) is 0. The first-order valence-corrected chi connectivity index (χ1v) is 5.74. The molecule has 2 N–H and O–H groups in total. The molecule has 0 spiro atoms. The largest absolute Gasteiger partial charge is 0.497 e. The van der Waals surface area contributed by atoms with Crippen molar-refractivity contribution < 1.29 is 9.84 Å². The van der Waals surface area contributed by atoms with Crippen molar-refractivity contribution in [2.75, 3.05) is 19.0 Å². The van der Waals surface area contributed by atoms with E-state index in [1.807, 2.05) is 43.6 Å². The topological polar surface area (TPSA) is 59.3 Å². The van der Waals surface area contributed by atoms with Crippen LogP contribution in [0.1, 0.15) is 11.7 Å². The van der Waals surface area contributed by atoms with E-state index in [0.29, 0.717) is 6.54 Å². The lowest BCUT2D eigenvalue weighted by Gasteiger charge is -2.12. The number of rotatable bonds is 5. The van der Waals surface area contributed by atoms with E-state index in [1.54, 1.807) is 11.8 Å². The van der Waals surface area contributed by atoms with E-state index in [4.69, 9.17) is 4.74 Å². The highest BCUT2D eigenvalue weighted by Crippen LogP contribution is 2.17. The molecule has 96 valence electrons. The number of methoxy groups -OCH3 is 1. The molecule has 18 heavy (non-hydrogen) atoms. The molecule has 1 unspecified atom stereocenters. The van der Waals surface area contributed by atoms with Gasteiger partial charge in [-0.1, -0.05) is 12.1 Å². The SMILES string of the molecule is COc1ccc(C(O)CNc2ccn(C)n2)cc1. The minimum Gasteiger partial charge on any atom is -0.497 e. The van der Waals surface area contributed by atoms with Crippen LogP contribution in [0.3, 0.4) is 0 Å². The fourth-order valence-electron chi connectivity index (χ4n) is 1.65. The first-order valence-electron chi connectivity index (χ1n) is 5.74. The Morgan fingerprint density at radius 3 is 2.61 bits per heavy atom. The van der Waals surface area contributed by atoms with Crippen LogP contribution in [-0.4, -0.2) is 28.5 Å². The summed E-state index contributed by atoms with van der Waals surface area (Å²) in [6.07, 6.45) is 1.28. The van der Waals surface area contributed by atoms with Gasteiger partial charge in [-0.2, -0.15) is 5.10 Å². The Kier molecular flexibility index (Phi) is 3.84. The molecule has 2 aromatic rings. The summed E-state index contributed by atoms with van der Waals surface area (Å²) >= 11 is 0. The second-order valence-electron chi connectivity index (χ2n) is 4.04. The molecule has 0 aliphatic rings. The van der Waals surface area contributed by atoms with E-state index in [1.165, 1.54) is 0 Å². The average Bonchev–Trinajstić information content (AvgIpc) is 2.82. The Balaban J connectivity index is 1.92. The molecule has 0 radical (unpaired) electrons. The molecule has 1 aromatic carbocycles. The van der Waals surface area contributed by atoms with Crippen molar-refractivity contribution >= 4 is 5.82 Å². The monoisotopic (exact) mass is 247 g/mol. The van der Waals surface area contributed by atoms with Gasteiger partial charge in [-0.25, -0.2) is 0 Å². The number of hydrogen-bond acceptors (Lipinski definition) is 4. The average molecular weight is 247 g/mol. The summed E-state index contributed by atoms with van der Waals surface area (Å²) < 4.78 is 6.78. The summed E-state index contributed by atoms with van der Waals surface area (Å²) in [5.41, 5.74) is 0.847. The second-order valence-corrected chi connectivity index (χ2v) is 4.04. The fraction of sp³-hybridized carbons (Fsp3) is 0.308. The number of aliphatic hydroxyl groups is 1. The Labute approximate surface area is 106 Å². The van der Waals surface area contributed by atoms with E-state index in [9.17, 15) is 5.11 Å². The zero-order chi connectivity index (χ0) is 13.0. The van der Waals surface area contributed by atoms with Gasteiger partial charge in [0.05, 0.1) is 13.2 Å². The maximum absolute atomic E-state index is 10.0. The number of nitrogens with zero attached hydrogens (tertiary/aromatic N) is 2. The van der Waals surface area contributed by atoms with Crippen LogP contribution in [0.4, 0.5) is 5.82 Å². The first kappa shape index (κ1) is 12.4. The van der Waals surface area contributed by atoms with Crippen LogP contribution < -0.4 is 10.1 Å². The Bertz CT molecular complexity index is 493. The predicted molar refractivity (Wildman–Crippen MR) is 69.7 cm³/mol. The van der Waals surface area contributed by atoms with Crippen LogP contribution >= 0.6 is 0 Å². The second kappa shape index (κ2) is 5.55. The summed E-state index contributed by atoms with van der Waals surface area (Å²) in [7, 11) is 3.47. The van der Waals surface area contributed by atoms with Gasteiger partial charge < -0.3 is 15.2 Å².